The van der Waals surface area contributed by atoms with Gasteiger partial charge in [0, 0.05) is 29.8 Å². The predicted molar refractivity (Wildman–Crippen MR) is 93.8 cm³/mol. The molecule has 5 rings (SSSR count). The second-order valence-electron chi connectivity index (χ2n) is 6.24. The number of methoxy groups -OCH3 is 1. The van der Waals surface area contributed by atoms with Crippen LogP contribution in [-0.2, 0) is 0 Å². The molecule has 0 radical (unpaired) electrons. The highest BCUT2D eigenvalue weighted by Gasteiger charge is 2.28. The van der Waals surface area contributed by atoms with Crippen LogP contribution < -0.4 is 24.3 Å². The van der Waals surface area contributed by atoms with Crippen LogP contribution in [0.2, 0.25) is 0 Å². The summed E-state index contributed by atoms with van der Waals surface area (Å²) in [5.74, 6) is -0.508. The summed E-state index contributed by atoms with van der Waals surface area (Å²) in [5.41, 5.74) is 1.73. The standard InChI is InChI=1S/C19H12N6O6/c1-28-14-8-6-13(7-9-14)25-16(19(27)31-23-25)18-21-20-17(29-18)11-2-4-12(5-3-11)24-10-15(26)30-22-24/h2-10H,1H3. The highest BCUT2D eigenvalue weighted by atomic mass is 16.6. The highest BCUT2D eigenvalue weighted by Crippen LogP contribution is 2.27. The third-order valence-electron chi connectivity index (χ3n) is 4.38. The molecule has 0 atom stereocenters. The normalized spacial score (nSPS) is 11.0. The molecule has 0 unspecified atom stereocenters. The minimum Gasteiger partial charge on any atom is -0.539 e. The molecule has 0 saturated carbocycles. The van der Waals surface area contributed by atoms with Crippen molar-refractivity contribution in [1.29, 1.82) is 0 Å². The number of benzene rings is 2. The van der Waals surface area contributed by atoms with E-state index in [-0.39, 0.29) is 17.5 Å². The van der Waals surface area contributed by atoms with Crippen molar-refractivity contribution in [1.82, 2.24) is 20.7 Å². The number of rotatable bonds is 5. The van der Waals surface area contributed by atoms with E-state index in [0.717, 1.165) is 0 Å². The maximum atomic E-state index is 12.2. The van der Waals surface area contributed by atoms with Crippen LogP contribution in [0.1, 0.15) is 0 Å². The summed E-state index contributed by atoms with van der Waals surface area (Å²) in [5, 5.41) is 38.7. The Kier molecular flexibility index (Phi) is 4.28. The topological polar surface area (TPSA) is 154 Å². The Hall–Kier alpha value is -4.74. The van der Waals surface area contributed by atoms with Crippen molar-refractivity contribution >= 4 is 0 Å². The minimum absolute atomic E-state index is 0.0123. The molecule has 0 aliphatic heterocycles. The lowest BCUT2D eigenvalue weighted by Gasteiger charge is -1.98. The molecule has 12 nitrogen and oxygen atoms in total. The average molecular weight is 420 g/mol. The number of hydrogen-bond donors (Lipinski definition) is 0. The molecule has 2 aromatic carbocycles. The van der Waals surface area contributed by atoms with Gasteiger partial charge < -0.3 is 28.4 Å². The van der Waals surface area contributed by atoms with Crippen LogP contribution in [0.25, 0.3) is 34.4 Å². The van der Waals surface area contributed by atoms with E-state index in [1.165, 1.54) is 15.6 Å². The highest BCUT2D eigenvalue weighted by molar-refractivity contribution is 5.57. The molecule has 3 aromatic heterocycles. The molecule has 0 fully saturated rings. The van der Waals surface area contributed by atoms with Crippen molar-refractivity contribution < 1.29 is 37.8 Å². The molecule has 0 saturated heterocycles. The minimum atomic E-state index is -0.725. The van der Waals surface area contributed by atoms with Crippen LogP contribution in [-0.4, -0.2) is 27.8 Å². The van der Waals surface area contributed by atoms with Gasteiger partial charge in [0.1, 0.15) is 11.7 Å². The van der Waals surface area contributed by atoms with Crippen molar-refractivity contribution in [3.05, 3.63) is 54.7 Å². The van der Waals surface area contributed by atoms with E-state index in [1.54, 1.807) is 55.6 Å². The summed E-state index contributed by atoms with van der Waals surface area (Å²) in [6.45, 7) is 0. The summed E-state index contributed by atoms with van der Waals surface area (Å²) in [6, 6.07) is 13.6. The number of nitrogens with zero attached hydrogens (tertiary/aromatic N) is 6. The van der Waals surface area contributed by atoms with Gasteiger partial charge in [0.25, 0.3) is 0 Å². The summed E-state index contributed by atoms with van der Waals surface area (Å²) < 4.78 is 22.7. The van der Waals surface area contributed by atoms with Crippen LogP contribution in [0.4, 0.5) is 0 Å². The largest absolute Gasteiger partial charge is 0.539 e. The van der Waals surface area contributed by atoms with Crippen molar-refractivity contribution in [2.75, 3.05) is 7.11 Å². The molecule has 0 aliphatic rings. The van der Waals surface area contributed by atoms with E-state index in [9.17, 15) is 10.2 Å². The fraction of sp³-hybridized carbons (Fsp3) is 0.0526. The molecular weight excluding hydrogens is 408 g/mol. The van der Waals surface area contributed by atoms with Crippen LogP contribution in [0.5, 0.6) is 17.6 Å². The molecule has 31 heavy (non-hydrogen) atoms. The molecule has 3 heterocycles. The van der Waals surface area contributed by atoms with Crippen LogP contribution >= 0.6 is 0 Å². The Morgan fingerprint density at radius 3 is 2.23 bits per heavy atom. The van der Waals surface area contributed by atoms with E-state index < -0.39 is 11.9 Å². The van der Waals surface area contributed by atoms with Gasteiger partial charge in [-0.15, -0.1) is 10.2 Å². The van der Waals surface area contributed by atoms with Gasteiger partial charge in [0.2, 0.25) is 23.5 Å². The SMILES string of the molecule is COc1ccc(-[n+]2noc([O-])c2-c2nnc(-c3ccc(-[n+]4cc([O-])on4)cc3)o2)cc1. The molecule has 0 amide bonds. The monoisotopic (exact) mass is 420 g/mol. The van der Waals surface area contributed by atoms with Crippen LogP contribution in [0.3, 0.4) is 0 Å². The quantitative estimate of drug-likeness (QED) is 0.357. The lowest BCUT2D eigenvalue weighted by atomic mass is 10.2. The second-order valence-corrected chi connectivity index (χ2v) is 6.24. The lowest BCUT2D eigenvalue weighted by Crippen LogP contribution is -2.34. The first-order valence-electron chi connectivity index (χ1n) is 8.86. The van der Waals surface area contributed by atoms with E-state index in [2.05, 4.69) is 25.3 Å². The van der Waals surface area contributed by atoms with Crippen LogP contribution in [0.15, 0.2) is 68.2 Å². The smallest absolute Gasteiger partial charge is 0.327 e. The molecule has 0 N–H and O–H groups in total. The zero-order valence-corrected chi connectivity index (χ0v) is 15.8. The molecule has 12 heteroatoms. The first-order valence-corrected chi connectivity index (χ1v) is 8.86. The van der Waals surface area contributed by atoms with Gasteiger partial charge in [-0.2, -0.15) is 0 Å². The summed E-state index contributed by atoms with van der Waals surface area (Å²) in [6.07, 6.45) is 1.21. The average Bonchev–Trinajstić information content (AvgIpc) is 3.54. The third-order valence-corrected chi connectivity index (χ3v) is 4.38. The van der Waals surface area contributed by atoms with E-state index >= 15 is 0 Å². The Morgan fingerprint density at radius 2 is 1.55 bits per heavy atom. The Morgan fingerprint density at radius 1 is 0.839 bits per heavy atom. The first-order chi connectivity index (χ1) is 15.1. The van der Waals surface area contributed by atoms with Crippen LogP contribution in [0, 0.1) is 0 Å². The van der Waals surface area contributed by atoms with Gasteiger partial charge in [0.05, 0.1) is 17.7 Å². The summed E-state index contributed by atoms with van der Waals surface area (Å²) >= 11 is 0. The maximum absolute atomic E-state index is 12.2. The molecule has 5 aromatic rings. The molecule has 154 valence electrons. The summed E-state index contributed by atoms with van der Waals surface area (Å²) in [7, 11) is 1.55. The van der Waals surface area contributed by atoms with E-state index in [0.29, 0.717) is 22.7 Å². The van der Waals surface area contributed by atoms with E-state index in [4.69, 9.17) is 13.7 Å². The predicted octanol–water partition coefficient (Wildman–Crippen LogP) is 0.0888. The Balaban J connectivity index is 1.46. The Labute approximate surface area is 173 Å². The van der Waals surface area contributed by atoms with Gasteiger partial charge in [0.15, 0.2) is 5.95 Å². The van der Waals surface area contributed by atoms with Gasteiger partial charge in [-0.1, -0.05) is 0 Å². The lowest BCUT2D eigenvalue weighted by molar-refractivity contribution is -0.670. The second kappa shape index (κ2) is 7.26. The van der Waals surface area contributed by atoms with Crippen molar-refractivity contribution in [3.8, 4) is 52.1 Å². The van der Waals surface area contributed by atoms with Gasteiger partial charge in [-0.05, 0) is 33.6 Å². The van der Waals surface area contributed by atoms with Crippen molar-refractivity contribution in [2.45, 2.75) is 0 Å². The van der Waals surface area contributed by atoms with Gasteiger partial charge in [-0.3, -0.25) is 0 Å². The first kappa shape index (κ1) is 18.3. The number of aromatic nitrogens is 6. The molecule has 0 spiro atoms. The third kappa shape index (κ3) is 3.31. The fourth-order valence-corrected chi connectivity index (χ4v) is 2.87. The fourth-order valence-electron chi connectivity index (χ4n) is 2.87. The van der Waals surface area contributed by atoms with Crippen molar-refractivity contribution in [2.24, 2.45) is 0 Å². The number of hydrogen-bond acceptors (Lipinski definition) is 10. The number of ether oxygens (including phenoxy) is 1. The van der Waals surface area contributed by atoms with Gasteiger partial charge in [-0.25, -0.2) is 0 Å². The van der Waals surface area contributed by atoms with Gasteiger partial charge >= 0.3 is 11.6 Å². The Bertz CT molecular complexity index is 1340. The maximum Gasteiger partial charge on any atom is 0.327 e. The molecule has 0 bridgehead atoms. The zero-order chi connectivity index (χ0) is 21.4. The van der Waals surface area contributed by atoms with Crippen molar-refractivity contribution in [3.63, 3.8) is 0 Å². The zero-order valence-electron chi connectivity index (χ0n) is 15.8. The molecule has 0 aliphatic carbocycles. The van der Waals surface area contributed by atoms with E-state index in [1.807, 2.05) is 0 Å². The molecular formula is C19H12N6O6. The summed E-state index contributed by atoms with van der Waals surface area (Å²) in [4.78, 5) is 0.